The Kier molecular flexibility index (Phi) is 8.66. The van der Waals surface area contributed by atoms with Gasteiger partial charge in [-0.3, -0.25) is 4.99 Å². The van der Waals surface area contributed by atoms with E-state index in [1.54, 1.807) is 7.05 Å². The third-order valence-corrected chi connectivity index (χ3v) is 7.10. The molecule has 0 saturated heterocycles. The van der Waals surface area contributed by atoms with Crippen LogP contribution < -0.4 is 5.32 Å². The lowest BCUT2D eigenvalue weighted by atomic mass is 9.59. The van der Waals surface area contributed by atoms with Crippen LogP contribution in [0.3, 0.4) is 0 Å². The Balaban J connectivity index is 2.07. The molecule has 1 aromatic heterocycles. The van der Waals surface area contributed by atoms with E-state index in [1.807, 2.05) is 44.4 Å². The number of nitrogens with one attached hydrogen (secondary N) is 1. The van der Waals surface area contributed by atoms with E-state index in [9.17, 15) is 0 Å². The average molecular weight is 472 g/mol. The number of hydrogen-bond acceptors (Lipinski definition) is 5. The largest absolute Gasteiger partial charge is 0.383 e. The Hall–Kier alpha value is -3.21. The molecule has 1 saturated carbocycles. The molecule has 2 atom stereocenters. The van der Waals surface area contributed by atoms with Crippen LogP contribution >= 0.6 is 0 Å². The maximum atomic E-state index is 5.08. The van der Waals surface area contributed by atoms with Crippen LogP contribution in [0.15, 0.2) is 60.4 Å². The van der Waals surface area contributed by atoms with Gasteiger partial charge in [-0.1, -0.05) is 57.7 Å². The van der Waals surface area contributed by atoms with Crippen LogP contribution in [-0.4, -0.2) is 48.3 Å². The number of aromatic nitrogens is 2. The zero-order chi connectivity index (χ0) is 25.6. The molecule has 1 N–H and O–H groups in total. The van der Waals surface area contributed by atoms with Crippen molar-refractivity contribution in [1.82, 2.24) is 14.9 Å². The van der Waals surface area contributed by atoms with E-state index < -0.39 is 0 Å². The Morgan fingerprint density at radius 1 is 1.31 bits per heavy atom. The summed E-state index contributed by atoms with van der Waals surface area (Å²) >= 11 is 0. The maximum absolute atomic E-state index is 5.08. The summed E-state index contributed by atoms with van der Waals surface area (Å²) in [4.78, 5) is 16.1. The SMILES string of the molecule is C=C/C(=C\N(C)C)c1cccc(-c2ncc(C(/C=N\C)=C/C)c(NC(CC)C3CCC3(C)C)n2)c1. The maximum Gasteiger partial charge on any atom is 0.161 e. The molecule has 5 nitrogen and oxygen atoms in total. The fourth-order valence-electron chi connectivity index (χ4n) is 4.94. The van der Waals surface area contributed by atoms with Crippen molar-refractivity contribution < 1.29 is 0 Å². The van der Waals surface area contributed by atoms with Gasteiger partial charge in [-0.2, -0.15) is 0 Å². The minimum Gasteiger partial charge on any atom is -0.383 e. The number of benzene rings is 1. The van der Waals surface area contributed by atoms with Gasteiger partial charge in [0.1, 0.15) is 5.82 Å². The molecule has 0 spiro atoms. The van der Waals surface area contributed by atoms with Crippen molar-refractivity contribution in [2.75, 3.05) is 26.5 Å². The van der Waals surface area contributed by atoms with Crippen molar-refractivity contribution in [3.63, 3.8) is 0 Å². The third kappa shape index (κ3) is 6.08. The van der Waals surface area contributed by atoms with Gasteiger partial charge < -0.3 is 10.2 Å². The van der Waals surface area contributed by atoms with Crippen LogP contribution in [0, 0.1) is 11.3 Å². The number of aliphatic imine (C=N–C) groups is 1. The van der Waals surface area contributed by atoms with Crippen LogP contribution in [0.5, 0.6) is 0 Å². The van der Waals surface area contributed by atoms with Gasteiger partial charge in [0.15, 0.2) is 5.82 Å². The zero-order valence-corrected chi connectivity index (χ0v) is 22.5. The first-order chi connectivity index (χ1) is 16.7. The summed E-state index contributed by atoms with van der Waals surface area (Å²) in [6.07, 6.45) is 13.4. The Bertz CT molecular complexity index is 1120. The normalized spacial score (nSPS) is 18.8. The standard InChI is InChI=1S/C30H41N5/c1-9-21(18-31-6)25-19-32-28(24-14-12-13-23(17-24)22(10-2)20-35(7)8)34-29(25)33-27(11-3)26-15-16-30(26,4)5/h9-10,12-14,17-20,26-27H,2,11,15-16H2,1,3-8H3,(H,32,33,34)/b21-9+,22-20+,31-18-. The molecule has 1 fully saturated rings. The van der Waals surface area contributed by atoms with Crippen molar-refractivity contribution in [2.45, 2.75) is 53.0 Å². The smallest absolute Gasteiger partial charge is 0.161 e. The van der Waals surface area contributed by atoms with Crippen LogP contribution in [0.25, 0.3) is 22.5 Å². The second-order valence-corrected chi connectivity index (χ2v) is 10.2. The molecule has 1 aliphatic carbocycles. The quantitative estimate of drug-likeness (QED) is 0.300. The van der Waals surface area contributed by atoms with Gasteiger partial charge in [0.2, 0.25) is 0 Å². The molecule has 186 valence electrons. The summed E-state index contributed by atoms with van der Waals surface area (Å²) in [6, 6.07) is 8.70. The lowest BCUT2D eigenvalue weighted by Gasteiger charge is -2.49. The summed E-state index contributed by atoms with van der Waals surface area (Å²) in [6.45, 7) is 13.0. The lowest BCUT2D eigenvalue weighted by Crippen LogP contribution is -2.46. The highest BCUT2D eigenvalue weighted by atomic mass is 15.1. The number of hydrogen-bond donors (Lipinski definition) is 1. The van der Waals surface area contributed by atoms with E-state index in [0.717, 1.165) is 40.1 Å². The second kappa shape index (κ2) is 11.5. The summed E-state index contributed by atoms with van der Waals surface area (Å²) < 4.78 is 0. The van der Waals surface area contributed by atoms with Gasteiger partial charge >= 0.3 is 0 Å². The van der Waals surface area contributed by atoms with Gasteiger partial charge in [-0.25, -0.2) is 9.97 Å². The number of allylic oxidation sites excluding steroid dienone is 4. The zero-order valence-electron chi connectivity index (χ0n) is 22.5. The Morgan fingerprint density at radius 2 is 2.09 bits per heavy atom. The van der Waals surface area contributed by atoms with Gasteiger partial charge in [0.05, 0.1) is 0 Å². The molecule has 2 unspecified atom stereocenters. The molecule has 1 aromatic carbocycles. The lowest BCUT2D eigenvalue weighted by molar-refractivity contribution is 0.0540. The first kappa shape index (κ1) is 26.4. The molecule has 3 rings (SSSR count). The monoisotopic (exact) mass is 471 g/mol. The Labute approximate surface area is 211 Å². The highest BCUT2D eigenvalue weighted by Crippen LogP contribution is 2.49. The molecule has 0 radical (unpaired) electrons. The average Bonchev–Trinajstić information content (AvgIpc) is 2.84. The van der Waals surface area contributed by atoms with Gasteiger partial charge in [0, 0.05) is 62.5 Å². The molecule has 1 aliphatic rings. The van der Waals surface area contributed by atoms with Crippen LogP contribution in [-0.2, 0) is 0 Å². The molecule has 5 heteroatoms. The first-order valence-electron chi connectivity index (χ1n) is 12.6. The highest BCUT2D eigenvalue weighted by Gasteiger charge is 2.42. The molecular formula is C30H41N5. The molecule has 0 amide bonds. The summed E-state index contributed by atoms with van der Waals surface area (Å²) in [5, 5.41) is 3.83. The topological polar surface area (TPSA) is 53.4 Å². The van der Waals surface area contributed by atoms with Crippen molar-refractivity contribution >= 4 is 23.2 Å². The first-order valence-corrected chi connectivity index (χ1v) is 12.6. The fourth-order valence-corrected chi connectivity index (χ4v) is 4.94. The minimum atomic E-state index is 0.353. The Morgan fingerprint density at radius 3 is 2.63 bits per heavy atom. The van der Waals surface area contributed by atoms with Gasteiger partial charge in [-0.15, -0.1) is 0 Å². The molecule has 0 aliphatic heterocycles. The van der Waals surface area contributed by atoms with Gasteiger partial charge in [0.25, 0.3) is 0 Å². The molecule has 2 aromatic rings. The van der Waals surface area contributed by atoms with E-state index in [0.29, 0.717) is 23.2 Å². The van der Waals surface area contributed by atoms with E-state index >= 15 is 0 Å². The summed E-state index contributed by atoms with van der Waals surface area (Å²) in [5.41, 5.74) is 5.47. The van der Waals surface area contributed by atoms with Crippen molar-refractivity contribution in [3.05, 3.63) is 66.5 Å². The minimum absolute atomic E-state index is 0.353. The predicted octanol–water partition coefficient (Wildman–Crippen LogP) is 6.96. The van der Waals surface area contributed by atoms with E-state index in [-0.39, 0.29) is 0 Å². The highest BCUT2D eigenvalue weighted by molar-refractivity contribution is 6.11. The van der Waals surface area contributed by atoms with E-state index in [4.69, 9.17) is 9.97 Å². The van der Waals surface area contributed by atoms with E-state index in [1.165, 1.54) is 12.8 Å². The van der Waals surface area contributed by atoms with E-state index in [2.05, 4.69) is 74.2 Å². The molecule has 35 heavy (non-hydrogen) atoms. The fraction of sp³-hybridized carbons (Fsp3) is 0.433. The number of nitrogens with zero attached hydrogens (tertiary/aromatic N) is 4. The summed E-state index contributed by atoms with van der Waals surface area (Å²) in [7, 11) is 5.82. The predicted molar refractivity (Wildman–Crippen MR) is 152 cm³/mol. The van der Waals surface area contributed by atoms with Gasteiger partial charge in [-0.05, 0) is 54.7 Å². The summed E-state index contributed by atoms with van der Waals surface area (Å²) in [5.74, 6) is 2.20. The van der Waals surface area contributed by atoms with Crippen molar-refractivity contribution in [3.8, 4) is 11.4 Å². The van der Waals surface area contributed by atoms with Crippen LogP contribution in [0.1, 0.15) is 58.1 Å². The molecular weight excluding hydrogens is 430 g/mol. The van der Waals surface area contributed by atoms with Crippen LogP contribution in [0.2, 0.25) is 0 Å². The molecule has 0 bridgehead atoms. The second-order valence-electron chi connectivity index (χ2n) is 10.2. The molecule has 1 heterocycles. The number of anilines is 1. The van der Waals surface area contributed by atoms with Crippen LogP contribution in [0.4, 0.5) is 5.82 Å². The third-order valence-electron chi connectivity index (χ3n) is 7.10. The van der Waals surface area contributed by atoms with Crippen molar-refractivity contribution in [1.29, 1.82) is 0 Å². The number of rotatable bonds is 10. The van der Waals surface area contributed by atoms with Crippen molar-refractivity contribution in [2.24, 2.45) is 16.3 Å².